The third-order valence-corrected chi connectivity index (χ3v) is 5.46. The average Bonchev–Trinajstić information content (AvgIpc) is 2.74. The first-order valence-corrected chi connectivity index (χ1v) is 7.14. The molecular weight excluding hydrogens is 226 g/mol. The molecular formula is C14H21N3O. The minimum absolute atomic E-state index is 0.180. The summed E-state index contributed by atoms with van der Waals surface area (Å²) in [5, 5.41) is 4.00. The van der Waals surface area contributed by atoms with Crippen molar-refractivity contribution in [1.29, 1.82) is 0 Å². The Balaban J connectivity index is 1.74. The van der Waals surface area contributed by atoms with E-state index in [4.69, 9.17) is 10.3 Å². The molecule has 4 bridgehead atoms. The topological polar surface area (TPSA) is 64.9 Å². The summed E-state index contributed by atoms with van der Waals surface area (Å²) < 4.78 is 5.54. The van der Waals surface area contributed by atoms with Crippen molar-refractivity contribution >= 4 is 0 Å². The summed E-state index contributed by atoms with van der Waals surface area (Å²) in [6, 6.07) is 0. The van der Waals surface area contributed by atoms with Crippen molar-refractivity contribution in [3.63, 3.8) is 0 Å². The van der Waals surface area contributed by atoms with Crippen LogP contribution in [-0.2, 0) is 12.0 Å². The van der Waals surface area contributed by atoms with Crippen LogP contribution in [0.25, 0.3) is 0 Å². The van der Waals surface area contributed by atoms with Crippen LogP contribution < -0.4 is 5.73 Å². The van der Waals surface area contributed by atoms with E-state index < -0.39 is 0 Å². The summed E-state index contributed by atoms with van der Waals surface area (Å²) in [5.41, 5.74) is 6.29. The van der Waals surface area contributed by atoms with Crippen LogP contribution in [0.3, 0.4) is 0 Å². The van der Waals surface area contributed by atoms with Gasteiger partial charge in [-0.05, 0) is 55.8 Å². The lowest BCUT2D eigenvalue weighted by Crippen LogP contribution is -2.53. The molecule has 0 radical (unpaired) electrons. The second-order valence-corrected chi connectivity index (χ2v) is 7.27. The van der Waals surface area contributed by atoms with Crippen LogP contribution in [0.4, 0.5) is 0 Å². The molecule has 0 amide bonds. The fourth-order valence-electron chi connectivity index (χ4n) is 5.52. The maximum Gasteiger partial charge on any atom is 0.232 e. The Hall–Kier alpha value is -0.900. The van der Waals surface area contributed by atoms with Gasteiger partial charge in [0.25, 0.3) is 0 Å². The van der Waals surface area contributed by atoms with Gasteiger partial charge in [0.2, 0.25) is 5.89 Å². The van der Waals surface area contributed by atoms with Crippen molar-refractivity contribution in [1.82, 2.24) is 10.1 Å². The molecule has 0 aromatic carbocycles. The van der Waals surface area contributed by atoms with Gasteiger partial charge in [-0.3, -0.25) is 0 Å². The summed E-state index contributed by atoms with van der Waals surface area (Å²) in [4.78, 5) is 4.55. The third kappa shape index (κ3) is 1.41. The highest BCUT2D eigenvalue weighted by Crippen LogP contribution is 2.65. The van der Waals surface area contributed by atoms with Gasteiger partial charge in [-0.1, -0.05) is 12.1 Å². The van der Waals surface area contributed by atoms with E-state index in [-0.39, 0.29) is 5.41 Å². The van der Waals surface area contributed by atoms with E-state index >= 15 is 0 Å². The predicted octanol–water partition coefficient (Wildman–Crippen LogP) is 2.39. The summed E-state index contributed by atoms with van der Waals surface area (Å²) in [5.74, 6) is 3.29. The Morgan fingerprint density at radius 2 is 2.00 bits per heavy atom. The maximum atomic E-state index is 5.60. The highest BCUT2D eigenvalue weighted by molar-refractivity contribution is 5.17. The average molecular weight is 247 g/mol. The second kappa shape index (κ2) is 3.35. The monoisotopic (exact) mass is 247 g/mol. The lowest BCUT2D eigenvalue weighted by molar-refractivity contribution is -0.0724. The summed E-state index contributed by atoms with van der Waals surface area (Å²) in [6.07, 6.45) is 7.98. The molecule has 1 aromatic rings. The van der Waals surface area contributed by atoms with Gasteiger partial charge in [0, 0.05) is 0 Å². The van der Waals surface area contributed by atoms with E-state index in [9.17, 15) is 0 Å². The molecule has 2 atom stereocenters. The van der Waals surface area contributed by atoms with Gasteiger partial charge in [0.15, 0.2) is 5.82 Å². The smallest absolute Gasteiger partial charge is 0.232 e. The van der Waals surface area contributed by atoms with Crippen molar-refractivity contribution < 1.29 is 4.52 Å². The first-order chi connectivity index (χ1) is 8.61. The van der Waals surface area contributed by atoms with Gasteiger partial charge < -0.3 is 10.3 Å². The fraction of sp³-hybridized carbons (Fsp3) is 0.857. The molecule has 4 fully saturated rings. The van der Waals surface area contributed by atoms with Crippen LogP contribution in [0, 0.1) is 17.3 Å². The highest BCUT2D eigenvalue weighted by Gasteiger charge is 2.58. The highest BCUT2D eigenvalue weighted by atomic mass is 16.5. The Bertz CT molecular complexity index is 467. The quantitative estimate of drug-likeness (QED) is 0.871. The number of hydrogen-bond acceptors (Lipinski definition) is 4. The van der Waals surface area contributed by atoms with E-state index in [1.54, 1.807) is 0 Å². The van der Waals surface area contributed by atoms with Crippen LogP contribution in [0.15, 0.2) is 4.52 Å². The Labute approximate surface area is 107 Å². The van der Waals surface area contributed by atoms with E-state index in [2.05, 4.69) is 17.1 Å². The van der Waals surface area contributed by atoms with Crippen molar-refractivity contribution in [2.24, 2.45) is 23.0 Å². The molecule has 1 heterocycles. The number of rotatable bonds is 2. The Kier molecular flexibility index (Phi) is 2.04. The van der Waals surface area contributed by atoms with Crippen molar-refractivity contribution in [2.45, 2.75) is 57.4 Å². The van der Waals surface area contributed by atoms with Crippen molar-refractivity contribution in [3.8, 4) is 0 Å². The predicted molar refractivity (Wildman–Crippen MR) is 66.7 cm³/mol. The molecule has 0 aliphatic heterocycles. The summed E-state index contributed by atoms with van der Waals surface area (Å²) >= 11 is 0. The van der Waals surface area contributed by atoms with Gasteiger partial charge in [-0.2, -0.15) is 4.98 Å². The normalized spacial score (nSPS) is 45.7. The molecule has 0 spiro atoms. The van der Waals surface area contributed by atoms with Gasteiger partial charge in [-0.15, -0.1) is 0 Å². The number of aromatic nitrogens is 2. The van der Waals surface area contributed by atoms with Gasteiger partial charge >= 0.3 is 0 Å². The van der Waals surface area contributed by atoms with E-state index in [1.165, 1.54) is 38.5 Å². The van der Waals surface area contributed by atoms with Crippen LogP contribution in [0.5, 0.6) is 0 Å². The largest absolute Gasteiger partial charge is 0.339 e. The van der Waals surface area contributed by atoms with Gasteiger partial charge in [0.05, 0.1) is 12.0 Å². The molecule has 4 heteroatoms. The lowest BCUT2D eigenvalue weighted by Gasteiger charge is -2.59. The SMILES string of the molecule is CC12CC3CC(C1)CC(c1nc(CN)no1)(C3)C2. The van der Waals surface area contributed by atoms with E-state index in [1.807, 2.05) is 0 Å². The zero-order valence-electron chi connectivity index (χ0n) is 11.0. The molecule has 0 saturated heterocycles. The summed E-state index contributed by atoms with van der Waals surface area (Å²) in [6.45, 7) is 2.84. The van der Waals surface area contributed by atoms with Gasteiger partial charge in [-0.25, -0.2) is 0 Å². The molecule has 4 aliphatic rings. The number of hydrogen-bond donors (Lipinski definition) is 1. The van der Waals surface area contributed by atoms with Crippen LogP contribution in [0.2, 0.25) is 0 Å². The van der Waals surface area contributed by atoms with E-state index in [0.717, 1.165) is 17.7 Å². The standard InChI is InChI=1S/C14H21N3O/c1-13-3-9-2-10(4-13)6-14(5-9,8-13)12-16-11(7-15)17-18-12/h9-10H,2-8,15H2,1H3. The Morgan fingerprint density at radius 1 is 1.28 bits per heavy atom. The number of nitrogens with zero attached hydrogens (tertiary/aromatic N) is 2. The Morgan fingerprint density at radius 3 is 2.56 bits per heavy atom. The van der Waals surface area contributed by atoms with Crippen molar-refractivity contribution in [3.05, 3.63) is 11.7 Å². The summed E-state index contributed by atoms with van der Waals surface area (Å²) in [7, 11) is 0. The van der Waals surface area contributed by atoms with Crippen LogP contribution >= 0.6 is 0 Å². The minimum Gasteiger partial charge on any atom is -0.339 e. The lowest BCUT2D eigenvalue weighted by atomic mass is 9.44. The van der Waals surface area contributed by atoms with Crippen LogP contribution in [0.1, 0.15) is 57.2 Å². The first-order valence-electron chi connectivity index (χ1n) is 7.14. The molecule has 1 aromatic heterocycles. The molecule has 98 valence electrons. The maximum absolute atomic E-state index is 5.60. The molecule has 2 unspecified atom stereocenters. The zero-order chi connectivity index (χ0) is 12.4. The molecule has 4 aliphatic carbocycles. The third-order valence-electron chi connectivity index (χ3n) is 5.46. The second-order valence-electron chi connectivity index (χ2n) is 7.27. The molecule has 18 heavy (non-hydrogen) atoms. The van der Waals surface area contributed by atoms with Gasteiger partial charge in [0.1, 0.15) is 0 Å². The first kappa shape index (κ1) is 11.0. The zero-order valence-corrected chi connectivity index (χ0v) is 11.0. The van der Waals surface area contributed by atoms with Crippen LogP contribution in [-0.4, -0.2) is 10.1 Å². The van der Waals surface area contributed by atoms with E-state index in [0.29, 0.717) is 17.8 Å². The fourth-order valence-corrected chi connectivity index (χ4v) is 5.52. The van der Waals surface area contributed by atoms with Crippen molar-refractivity contribution in [2.75, 3.05) is 0 Å². The molecule has 4 nitrogen and oxygen atoms in total. The minimum atomic E-state index is 0.180. The molecule has 5 rings (SSSR count). The number of nitrogens with two attached hydrogens (primary N) is 1. The molecule has 4 saturated carbocycles. The molecule has 2 N–H and O–H groups in total.